The largest absolute Gasteiger partial charge is 0.353 e. The van der Waals surface area contributed by atoms with Gasteiger partial charge >= 0.3 is 0 Å². The van der Waals surface area contributed by atoms with Crippen LogP contribution in [-0.2, 0) is 18.4 Å². The van der Waals surface area contributed by atoms with Gasteiger partial charge < -0.3 is 10.2 Å². The molecule has 152 valence electrons. The quantitative estimate of drug-likeness (QED) is 0.708. The van der Waals surface area contributed by atoms with E-state index < -0.39 is 0 Å². The lowest BCUT2D eigenvalue weighted by atomic mass is 10.1. The third-order valence-corrected chi connectivity index (χ3v) is 5.64. The summed E-state index contributed by atoms with van der Waals surface area (Å²) in [7, 11) is 1.88. The number of nitrogens with zero attached hydrogens (tertiary/aromatic N) is 6. The van der Waals surface area contributed by atoms with E-state index in [-0.39, 0.29) is 11.9 Å². The summed E-state index contributed by atoms with van der Waals surface area (Å²) in [6.07, 6.45) is 3.41. The van der Waals surface area contributed by atoms with Crippen LogP contribution in [0.5, 0.6) is 0 Å². The van der Waals surface area contributed by atoms with Crippen LogP contribution in [0.1, 0.15) is 18.1 Å². The maximum Gasteiger partial charge on any atom is 0.237 e. The van der Waals surface area contributed by atoms with E-state index >= 15 is 0 Å². The number of nitrogens with one attached hydrogen (secondary N) is 1. The zero-order chi connectivity index (χ0) is 20.4. The average Bonchev–Trinajstić information content (AvgIpc) is 3.14. The molecule has 1 aromatic carbocycles. The fourth-order valence-corrected chi connectivity index (χ4v) is 3.73. The van der Waals surface area contributed by atoms with Crippen molar-refractivity contribution in [2.45, 2.75) is 26.4 Å². The van der Waals surface area contributed by atoms with Gasteiger partial charge in [0.25, 0.3) is 0 Å². The summed E-state index contributed by atoms with van der Waals surface area (Å²) in [5.41, 5.74) is 3.17. The topological polar surface area (TPSA) is 79.2 Å². The van der Waals surface area contributed by atoms with Crippen molar-refractivity contribution in [1.82, 2.24) is 30.0 Å². The maximum absolute atomic E-state index is 12.6. The van der Waals surface area contributed by atoms with Crippen LogP contribution in [0, 0.1) is 6.92 Å². The highest BCUT2D eigenvalue weighted by atomic mass is 16.2. The Balaban J connectivity index is 1.33. The molecule has 1 amide bonds. The molecule has 0 aliphatic carbocycles. The zero-order valence-corrected chi connectivity index (χ0v) is 17.2. The SMILES string of the molecule is Cc1ccc(CNC(=O)C(C)N2CCN(c3ncnc4c3cnn4C)CC2)cc1. The fourth-order valence-electron chi connectivity index (χ4n) is 3.73. The van der Waals surface area contributed by atoms with Crippen molar-refractivity contribution in [3.05, 3.63) is 47.9 Å². The van der Waals surface area contributed by atoms with Crippen LogP contribution in [0.3, 0.4) is 0 Å². The second kappa shape index (κ2) is 8.16. The maximum atomic E-state index is 12.6. The minimum Gasteiger partial charge on any atom is -0.353 e. The summed E-state index contributed by atoms with van der Waals surface area (Å²) < 4.78 is 1.76. The molecular weight excluding hydrogens is 366 g/mol. The van der Waals surface area contributed by atoms with Crippen LogP contribution >= 0.6 is 0 Å². The molecule has 29 heavy (non-hydrogen) atoms. The first-order valence-corrected chi connectivity index (χ1v) is 9.98. The number of benzene rings is 1. The minimum absolute atomic E-state index is 0.0655. The second-order valence-electron chi connectivity index (χ2n) is 7.61. The van der Waals surface area contributed by atoms with E-state index in [4.69, 9.17) is 0 Å². The third-order valence-electron chi connectivity index (χ3n) is 5.64. The summed E-state index contributed by atoms with van der Waals surface area (Å²) >= 11 is 0. The van der Waals surface area contributed by atoms with Crippen molar-refractivity contribution >= 4 is 22.8 Å². The number of aryl methyl sites for hydroxylation is 2. The number of hydrogen-bond acceptors (Lipinski definition) is 6. The number of rotatable bonds is 5. The molecule has 1 aliphatic rings. The molecule has 3 heterocycles. The van der Waals surface area contributed by atoms with Crippen LogP contribution < -0.4 is 10.2 Å². The number of carbonyl (C=O) groups excluding carboxylic acids is 1. The summed E-state index contributed by atoms with van der Waals surface area (Å²) in [6.45, 7) is 7.85. The molecule has 1 unspecified atom stereocenters. The Kier molecular flexibility index (Phi) is 5.44. The molecule has 1 N–H and O–H groups in total. The van der Waals surface area contributed by atoms with E-state index in [0.29, 0.717) is 6.54 Å². The standard InChI is InChI=1S/C21H27N7O/c1-15-4-6-17(7-5-15)12-22-21(29)16(2)27-8-10-28(11-9-27)20-18-13-25-26(3)19(18)23-14-24-20/h4-7,13-14,16H,8-12H2,1-3H3,(H,22,29). The van der Waals surface area contributed by atoms with E-state index in [1.165, 1.54) is 5.56 Å². The second-order valence-corrected chi connectivity index (χ2v) is 7.61. The highest BCUT2D eigenvalue weighted by Crippen LogP contribution is 2.23. The summed E-state index contributed by atoms with van der Waals surface area (Å²) in [6, 6.07) is 8.08. The van der Waals surface area contributed by atoms with Gasteiger partial charge in [-0.1, -0.05) is 29.8 Å². The van der Waals surface area contributed by atoms with Gasteiger partial charge in [-0.15, -0.1) is 0 Å². The Labute approximate surface area is 170 Å². The molecule has 1 saturated heterocycles. The molecule has 0 saturated carbocycles. The van der Waals surface area contributed by atoms with Crippen LogP contribution in [0.2, 0.25) is 0 Å². The highest BCUT2D eigenvalue weighted by molar-refractivity contribution is 5.86. The molecule has 3 aromatic rings. The molecule has 2 aromatic heterocycles. The Morgan fingerprint density at radius 1 is 1.14 bits per heavy atom. The van der Waals surface area contributed by atoms with Gasteiger partial charge in [-0.05, 0) is 19.4 Å². The number of aromatic nitrogens is 4. The lowest BCUT2D eigenvalue weighted by Crippen LogP contribution is -2.54. The predicted octanol–water partition coefficient (Wildman–Crippen LogP) is 1.50. The Morgan fingerprint density at radius 3 is 2.59 bits per heavy atom. The highest BCUT2D eigenvalue weighted by Gasteiger charge is 2.27. The van der Waals surface area contributed by atoms with Gasteiger partial charge in [0.1, 0.15) is 12.1 Å². The molecule has 4 rings (SSSR count). The van der Waals surface area contributed by atoms with Crippen LogP contribution in [0.15, 0.2) is 36.8 Å². The van der Waals surface area contributed by atoms with Crippen LogP contribution in [-0.4, -0.2) is 62.8 Å². The van der Waals surface area contributed by atoms with Gasteiger partial charge in [0, 0.05) is 39.8 Å². The Hall–Kier alpha value is -3.00. The minimum atomic E-state index is -0.161. The number of carbonyl (C=O) groups is 1. The monoisotopic (exact) mass is 393 g/mol. The normalized spacial score (nSPS) is 16.2. The molecule has 8 nitrogen and oxygen atoms in total. The van der Waals surface area contributed by atoms with E-state index in [0.717, 1.165) is 48.6 Å². The molecule has 8 heteroatoms. The van der Waals surface area contributed by atoms with Crippen LogP contribution in [0.4, 0.5) is 5.82 Å². The predicted molar refractivity (Wildman–Crippen MR) is 113 cm³/mol. The van der Waals surface area contributed by atoms with Gasteiger partial charge in [0.05, 0.1) is 17.6 Å². The average molecular weight is 393 g/mol. The molecular formula is C21H27N7O. The number of anilines is 1. The molecule has 0 spiro atoms. The Morgan fingerprint density at radius 2 is 1.86 bits per heavy atom. The van der Waals surface area contributed by atoms with Crippen molar-refractivity contribution in [3.8, 4) is 0 Å². The smallest absolute Gasteiger partial charge is 0.237 e. The third kappa shape index (κ3) is 4.07. The molecule has 0 bridgehead atoms. The molecule has 0 radical (unpaired) electrons. The van der Waals surface area contributed by atoms with Crippen molar-refractivity contribution < 1.29 is 4.79 Å². The van der Waals surface area contributed by atoms with Crippen molar-refractivity contribution in [2.24, 2.45) is 7.05 Å². The van der Waals surface area contributed by atoms with Crippen LogP contribution in [0.25, 0.3) is 11.0 Å². The van der Waals surface area contributed by atoms with E-state index in [1.807, 2.05) is 20.2 Å². The molecule has 1 aliphatic heterocycles. The van der Waals surface area contributed by atoms with E-state index in [9.17, 15) is 4.79 Å². The van der Waals surface area contributed by atoms with Gasteiger partial charge in [0.2, 0.25) is 5.91 Å². The molecule has 1 fully saturated rings. The van der Waals surface area contributed by atoms with Crippen molar-refractivity contribution in [1.29, 1.82) is 0 Å². The first-order valence-electron chi connectivity index (χ1n) is 9.98. The number of hydrogen-bond donors (Lipinski definition) is 1. The van der Waals surface area contributed by atoms with Gasteiger partial charge in [0.15, 0.2) is 5.65 Å². The van der Waals surface area contributed by atoms with Gasteiger partial charge in [-0.25, -0.2) is 9.97 Å². The van der Waals surface area contributed by atoms with Gasteiger partial charge in [-0.3, -0.25) is 14.4 Å². The number of fused-ring (bicyclic) bond motifs is 1. The summed E-state index contributed by atoms with van der Waals surface area (Å²) in [5.74, 6) is 0.981. The number of piperazine rings is 1. The first-order chi connectivity index (χ1) is 14.0. The molecule has 1 atom stereocenters. The summed E-state index contributed by atoms with van der Waals surface area (Å²) in [4.78, 5) is 25.9. The van der Waals surface area contributed by atoms with E-state index in [2.05, 4.69) is 61.4 Å². The first kappa shape index (κ1) is 19.3. The lowest BCUT2D eigenvalue weighted by molar-refractivity contribution is -0.126. The van der Waals surface area contributed by atoms with Gasteiger partial charge in [-0.2, -0.15) is 5.10 Å². The fraction of sp³-hybridized carbons (Fsp3) is 0.429. The van der Waals surface area contributed by atoms with E-state index in [1.54, 1.807) is 11.0 Å². The van der Waals surface area contributed by atoms with Crippen molar-refractivity contribution in [2.75, 3.05) is 31.1 Å². The Bertz CT molecular complexity index is 990. The zero-order valence-electron chi connectivity index (χ0n) is 17.2. The lowest BCUT2D eigenvalue weighted by Gasteiger charge is -2.38. The summed E-state index contributed by atoms with van der Waals surface area (Å²) in [5, 5.41) is 8.32. The van der Waals surface area contributed by atoms with Crippen molar-refractivity contribution in [3.63, 3.8) is 0 Å². The number of amides is 1.